The van der Waals surface area contributed by atoms with Crippen molar-refractivity contribution >= 4 is 49.1 Å². The maximum absolute atomic E-state index is 12.1. The van der Waals surface area contributed by atoms with Gasteiger partial charge in [-0.05, 0) is 31.2 Å². The minimum Gasteiger partial charge on any atom is -0.480 e. The number of nitrogens with zero attached hydrogens (tertiary/aromatic N) is 2. The molecule has 0 aliphatic heterocycles. The number of carboxylic acids is 1. The van der Waals surface area contributed by atoms with E-state index in [1.54, 1.807) is 6.92 Å². The minimum absolute atomic E-state index is 0.560. The first-order valence-corrected chi connectivity index (χ1v) is 8.68. The molecule has 6 heteroatoms. The number of thiazole rings is 2. The molecule has 4 aromatic rings. The molecule has 0 amide bonds. The summed E-state index contributed by atoms with van der Waals surface area (Å²) < 4.78 is 1.96. The summed E-state index contributed by atoms with van der Waals surface area (Å²) >= 11 is 2.82. The number of carboxylic acid groups (broad SMARTS) is 1. The number of hydrogen-bond acceptors (Lipinski definition) is 5. The Morgan fingerprint density at radius 1 is 0.913 bits per heavy atom. The minimum atomic E-state index is -1.24. The lowest BCUT2D eigenvalue weighted by Crippen LogP contribution is -2.33. The molecule has 0 atom stereocenters. The van der Waals surface area contributed by atoms with Gasteiger partial charge in [-0.15, -0.1) is 22.7 Å². The molecule has 4 nitrogen and oxygen atoms in total. The van der Waals surface area contributed by atoms with Crippen LogP contribution in [0, 0.1) is 0 Å². The summed E-state index contributed by atoms with van der Waals surface area (Å²) in [7, 11) is 0. The molecule has 0 bridgehead atoms. The molecular weight excluding hydrogens is 328 g/mol. The van der Waals surface area contributed by atoms with Crippen molar-refractivity contribution in [1.29, 1.82) is 0 Å². The van der Waals surface area contributed by atoms with Crippen molar-refractivity contribution in [2.24, 2.45) is 0 Å². The number of para-hydroxylation sites is 2. The number of rotatable bonds is 3. The van der Waals surface area contributed by atoms with Gasteiger partial charge in [0, 0.05) is 0 Å². The van der Waals surface area contributed by atoms with Crippen LogP contribution in [0.4, 0.5) is 0 Å². The van der Waals surface area contributed by atoms with Crippen molar-refractivity contribution in [3.63, 3.8) is 0 Å². The number of aromatic nitrogens is 2. The van der Waals surface area contributed by atoms with Gasteiger partial charge in [-0.3, -0.25) is 4.79 Å². The predicted molar refractivity (Wildman–Crippen MR) is 93.3 cm³/mol. The van der Waals surface area contributed by atoms with Crippen LogP contribution >= 0.6 is 22.7 Å². The quantitative estimate of drug-likeness (QED) is 0.604. The molecule has 2 heterocycles. The highest BCUT2D eigenvalue weighted by Gasteiger charge is 2.43. The Bertz CT molecular complexity index is 895. The molecule has 0 spiro atoms. The van der Waals surface area contributed by atoms with E-state index in [0.717, 1.165) is 20.4 Å². The molecule has 0 aliphatic carbocycles. The summed E-state index contributed by atoms with van der Waals surface area (Å²) in [5, 5.41) is 11.0. The first-order valence-electron chi connectivity index (χ1n) is 7.04. The van der Waals surface area contributed by atoms with Gasteiger partial charge >= 0.3 is 5.97 Å². The van der Waals surface area contributed by atoms with Crippen LogP contribution in [0.25, 0.3) is 20.4 Å². The summed E-state index contributed by atoms with van der Waals surface area (Å²) in [5.74, 6) is -0.935. The van der Waals surface area contributed by atoms with E-state index in [1.807, 2.05) is 48.5 Å². The molecule has 0 radical (unpaired) electrons. The zero-order chi connectivity index (χ0) is 16.0. The van der Waals surface area contributed by atoms with Gasteiger partial charge in [0.05, 0.1) is 20.4 Å². The van der Waals surface area contributed by atoms with E-state index in [0.29, 0.717) is 10.0 Å². The fourth-order valence-electron chi connectivity index (χ4n) is 2.45. The lowest BCUT2D eigenvalue weighted by molar-refractivity contribution is -0.141. The molecule has 0 saturated heterocycles. The average Bonchev–Trinajstić information content (AvgIpc) is 3.17. The van der Waals surface area contributed by atoms with Crippen LogP contribution in [0.2, 0.25) is 0 Å². The largest absolute Gasteiger partial charge is 0.480 e. The smallest absolute Gasteiger partial charge is 0.323 e. The van der Waals surface area contributed by atoms with E-state index in [-0.39, 0.29) is 0 Å². The number of fused-ring (bicyclic) bond motifs is 2. The standard InChI is InChI=1S/C17H12N2O2S2/c1-17(16(20)21,14-18-10-6-2-4-8-12(10)22-14)15-19-11-7-3-5-9-13(11)23-15/h2-9H,1H3,(H,20,21). The maximum atomic E-state index is 12.1. The van der Waals surface area contributed by atoms with Gasteiger partial charge in [0.1, 0.15) is 10.0 Å². The second-order valence-electron chi connectivity index (χ2n) is 5.40. The summed E-state index contributed by atoms with van der Waals surface area (Å²) in [5.41, 5.74) is 0.398. The van der Waals surface area contributed by atoms with Crippen LogP contribution in [-0.2, 0) is 10.2 Å². The highest BCUT2D eigenvalue weighted by atomic mass is 32.1. The lowest BCUT2D eigenvalue weighted by atomic mass is 9.92. The van der Waals surface area contributed by atoms with Crippen LogP contribution in [-0.4, -0.2) is 21.0 Å². The van der Waals surface area contributed by atoms with Crippen LogP contribution in [0.1, 0.15) is 16.9 Å². The Hall–Kier alpha value is -2.31. The summed E-state index contributed by atoms with van der Waals surface area (Å²) in [4.78, 5) is 21.2. The Labute approximate surface area is 140 Å². The van der Waals surface area contributed by atoms with Gasteiger partial charge < -0.3 is 5.11 Å². The van der Waals surface area contributed by atoms with Crippen molar-refractivity contribution in [1.82, 2.24) is 9.97 Å². The number of aliphatic carboxylic acids is 1. The third-order valence-corrected chi connectivity index (χ3v) is 6.39. The van der Waals surface area contributed by atoms with E-state index >= 15 is 0 Å². The zero-order valence-corrected chi connectivity index (χ0v) is 13.8. The molecule has 2 aromatic heterocycles. The highest BCUT2D eigenvalue weighted by Crippen LogP contribution is 2.40. The van der Waals surface area contributed by atoms with Gasteiger partial charge in [-0.25, -0.2) is 9.97 Å². The van der Waals surface area contributed by atoms with Crippen molar-refractivity contribution < 1.29 is 9.90 Å². The molecule has 0 fully saturated rings. The van der Waals surface area contributed by atoms with E-state index in [9.17, 15) is 9.90 Å². The Balaban J connectivity index is 1.96. The maximum Gasteiger partial charge on any atom is 0.323 e. The highest BCUT2D eigenvalue weighted by molar-refractivity contribution is 7.20. The average molecular weight is 340 g/mol. The van der Waals surface area contributed by atoms with E-state index in [4.69, 9.17) is 0 Å². The number of benzene rings is 2. The molecular formula is C17H12N2O2S2. The van der Waals surface area contributed by atoms with Crippen LogP contribution < -0.4 is 0 Å². The second-order valence-corrected chi connectivity index (χ2v) is 7.46. The Kier molecular flexibility index (Phi) is 3.18. The first kappa shape index (κ1) is 14.3. The zero-order valence-electron chi connectivity index (χ0n) is 12.2. The normalized spacial score (nSPS) is 12.0. The van der Waals surface area contributed by atoms with Crippen molar-refractivity contribution in [2.75, 3.05) is 0 Å². The van der Waals surface area contributed by atoms with Gasteiger partial charge in [0.15, 0.2) is 5.41 Å². The van der Waals surface area contributed by atoms with Crippen molar-refractivity contribution in [2.45, 2.75) is 12.3 Å². The molecule has 4 rings (SSSR count). The lowest BCUT2D eigenvalue weighted by Gasteiger charge is -2.19. The van der Waals surface area contributed by atoms with Gasteiger partial charge in [-0.1, -0.05) is 24.3 Å². The molecule has 0 saturated carbocycles. The third-order valence-electron chi connectivity index (χ3n) is 3.87. The topological polar surface area (TPSA) is 63.1 Å². The van der Waals surface area contributed by atoms with Crippen molar-refractivity contribution in [3.8, 4) is 0 Å². The van der Waals surface area contributed by atoms with Crippen LogP contribution in [0.3, 0.4) is 0 Å². The number of hydrogen-bond donors (Lipinski definition) is 1. The van der Waals surface area contributed by atoms with Gasteiger partial charge in [-0.2, -0.15) is 0 Å². The molecule has 114 valence electrons. The predicted octanol–water partition coefficient (Wildman–Crippen LogP) is 4.30. The Morgan fingerprint density at radius 2 is 1.35 bits per heavy atom. The third kappa shape index (κ3) is 2.14. The summed E-state index contributed by atoms with van der Waals surface area (Å²) in [6.45, 7) is 1.69. The van der Waals surface area contributed by atoms with E-state index < -0.39 is 11.4 Å². The molecule has 0 aliphatic rings. The second kappa shape index (κ2) is 5.11. The molecule has 1 N–H and O–H groups in total. The van der Waals surface area contributed by atoms with Gasteiger partial charge in [0.25, 0.3) is 0 Å². The van der Waals surface area contributed by atoms with E-state index in [2.05, 4.69) is 9.97 Å². The van der Waals surface area contributed by atoms with Crippen molar-refractivity contribution in [3.05, 3.63) is 58.5 Å². The summed E-state index contributed by atoms with van der Waals surface area (Å²) in [6.07, 6.45) is 0. The number of carbonyl (C=O) groups is 1. The fraction of sp³-hybridized carbons (Fsp3) is 0.118. The fourth-order valence-corrected chi connectivity index (χ4v) is 4.72. The molecule has 23 heavy (non-hydrogen) atoms. The molecule has 0 unspecified atom stereocenters. The monoisotopic (exact) mass is 340 g/mol. The first-order chi connectivity index (χ1) is 11.1. The SMILES string of the molecule is CC(C(=O)O)(c1nc2ccccc2s1)c1nc2ccccc2s1. The van der Waals surface area contributed by atoms with E-state index in [1.165, 1.54) is 22.7 Å². The van der Waals surface area contributed by atoms with Crippen LogP contribution in [0.5, 0.6) is 0 Å². The molecule has 2 aromatic carbocycles. The van der Waals surface area contributed by atoms with Gasteiger partial charge in [0.2, 0.25) is 0 Å². The Morgan fingerprint density at radius 3 is 1.74 bits per heavy atom. The van der Waals surface area contributed by atoms with Crippen LogP contribution in [0.15, 0.2) is 48.5 Å². The summed E-state index contributed by atoms with van der Waals surface area (Å²) in [6, 6.07) is 15.4.